The van der Waals surface area contributed by atoms with Crippen LogP contribution < -0.4 is 9.47 Å². The average Bonchev–Trinajstić information content (AvgIpc) is 2.47. The summed E-state index contributed by atoms with van der Waals surface area (Å²) in [6, 6.07) is 3.06. The van der Waals surface area contributed by atoms with Crippen LogP contribution in [-0.2, 0) is 9.84 Å². The molecule has 0 atom stereocenters. The SMILES string of the molecule is CS(=O)(=O)c1cc2c(cc1Br)OCO2. The Morgan fingerprint density at radius 1 is 1.29 bits per heavy atom. The number of ether oxygens (including phenoxy) is 2. The number of sulfone groups is 1. The molecule has 1 aliphatic rings. The maximum absolute atomic E-state index is 11.3. The van der Waals surface area contributed by atoms with E-state index in [0.29, 0.717) is 16.0 Å². The van der Waals surface area contributed by atoms with Crippen LogP contribution in [0.1, 0.15) is 0 Å². The molecule has 0 aromatic heterocycles. The second-order valence-electron chi connectivity index (χ2n) is 2.91. The van der Waals surface area contributed by atoms with Gasteiger partial charge in [-0.15, -0.1) is 0 Å². The van der Waals surface area contributed by atoms with E-state index in [9.17, 15) is 8.42 Å². The van der Waals surface area contributed by atoms with Crippen molar-refractivity contribution in [1.29, 1.82) is 0 Å². The molecule has 0 radical (unpaired) electrons. The number of hydrogen-bond donors (Lipinski definition) is 0. The van der Waals surface area contributed by atoms with Crippen LogP contribution in [0.3, 0.4) is 0 Å². The fourth-order valence-corrected chi connectivity index (χ4v) is 3.12. The van der Waals surface area contributed by atoms with Crippen molar-refractivity contribution < 1.29 is 17.9 Å². The highest BCUT2D eigenvalue weighted by molar-refractivity contribution is 9.10. The standard InChI is InChI=1S/C8H7BrO4S/c1-14(10,11)8-3-7-6(2-5(8)9)12-4-13-7/h2-3H,4H2,1H3. The van der Waals surface area contributed by atoms with E-state index in [1.165, 1.54) is 6.07 Å². The summed E-state index contributed by atoms with van der Waals surface area (Å²) in [5.74, 6) is 1.03. The minimum absolute atomic E-state index is 0.134. The Balaban J connectivity index is 2.65. The van der Waals surface area contributed by atoms with Gasteiger partial charge in [-0.3, -0.25) is 0 Å². The van der Waals surface area contributed by atoms with E-state index in [1.54, 1.807) is 6.07 Å². The molecule has 0 spiro atoms. The lowest BCUT2D eigenvalue weighted by Crippen LogP contribution is -1.98. The Morgan fingerprint density at radius 2 is 1.86 bits per heavy atom. The van der Waals surface area contributed by atoms with Gasteiger partial charge in [-0.05, 0) is 22.0 Å². The minimum Gasteiger partial charge on any atom is -0.454 e. The normalized spacial score (nSPS) is 14.4. The highest BCUT2D eigenvalue weighted by atomic mass is 79.9. The summed E-state index contributed by atoms with van der Waals surface area (Å²) in [5.41, 5.74) is 0. The predicted molar refractivity (Wildman–Crippen MR) is 53.4 cm³/mol. The highest BCUT2D eigenvalue weighted by Crippen LogP contribution is 2.38. The van der Waals surface area contributed by atoms with Crippen molar-refractivity contribution in [2.45, 2.75) is 4.90 Å². The molecule has 1 aromatic rings. The molecule has 1 heterocycles. The topological polar surface area (TPSA) is 52.6 Å². The molecule has 0 fully saturated rings. The van der Waals surface area contributed by atoms with Crippen molar-refractivity contribution in [3.05, 3.63) is 16.6 Å². The van der Waals surface area contributed by atoms with Crippen LogP contribution in [-0.4, -0.2) is 21.5 Å². The van der Waals surface area contributed by atoms with Crippen molar-refractivity contribution in [1.82, 2.24) is 0 Å². The van der Waals surface area contributed by atoms with Gasteiger partial charge in [0.05, 0.1) is 4.90 Å². The molecular weight excluding hydrogens is 272 g/mol. The Labute approximate surface area is 89.9 Å². The van der Waals surface area contributed by atoms with Crippen LogP contribution in [0, 0.1) is 0 Å². The van der Waals surface area contributed by atoms with E-state index in [-0.39, 0.29) is 11.7 Å². The summed E-state index contributed by atoms with van der Waals surface area (Å²) < 4.78 is 33.3. The Morgan fingerprint density at radius 3 is 2.43 bits per heavy atom. The second kappa shape index (κ2) is 3.13. The van der Waals surface area contributed by atoms with Gasteiger partial charge in [0.25, 0.3) is 0 Å². The first-order chi connectivity index (χ1) is 6.48. The summed E-state index contributed by atoms with van der Waals surface area (Å²) in [7, 11) is -3.24. The molecule has 6 heteroatoms. The third-order valence-corrected chi connectivity index (χ3v) is 3.88. The molecule has 1 aromatic carbocycles. The zero-order valence-corrected chi connectivity index (χ0v) is 9.68. The maximum Gasteiger partial charge on any atom is 0.231 e. The first-order valence-corrected chi connectivity index (χ1v) is 6.46. The minimum atomic E-state index is -3.24. The van der Waals surface area contributed by atoms with Gasteiger partial charge in [0, 0.05) is 16.8 Å². The third-order valence-electron chi connectivity index (χ3n) is 1.83. The molecule has 0 bridgehead atoms. The third kappa shape index (κ3) is 1.59. The van der Waals surface area contributed by atoms with Gasteiger partial charge in [0.1, 0.15) is 0 Å². The molecule has 0 N–H and O–H groups in total. The van der Waals surface area contributed by atoms with Gasteiger partial charge < -0.3 is 9.47 Å². The van der Waals surface area contributed by atoms with Gasteiger partial charge in [-0.25, -0.2) is 8.42 Å². The number of rotatable bonds is 1. The van der Waals surface area contributed by atoms with E-state index in [0.717, 1.165) is 6.26 Å². The van der Waals surface area contributed by atoms with Crippen LogP contribution in [0.15, 0.2) is 21.5 Å². The highest BCUT2D eigenvalue weighted by Gasteiger charge is 2.20. The Hall–Kier alpha value is -0.750. The van der Waals surface area contributed by atoms with Gasteiger partial charge in [-0.1, -0.05) is 0 Å². The van der Waals surface area contributed by atoms with Crippen molar-refractivity contribution in [3.8, 4) is 11.5 Å². The van der Waals surface area contributed by atoms with Crippen LogP contribution in [0.5, 0.6) is 11.5 Å². The zero-order valence-electron chi connectivity index (χ0n) is 7.28. The lowest BCUT2D eigenvalue weighted by Gasteiger charge is -2.03. The van der Waals surface area contributed by atoms with E-state index in [1.807, 2.05) is 0 Å². The molecule has 4 nitrogen and oxygen atoms in total. The Bertz CT molecular complexity index is 480. The van der Waals surface area contributed by atoms with E-state index in [2.05, 4.69) is 15.9 Å². The molecule has 0 unspecified atom stereocenters. The van der Waals surface area contributed by atoms with Gasteiger partial charge in [-0.2, -0.15) is 0 Å². The van der Waals surface area contributed by atoms with E-state index in [4.69, 9.17) is 9.47 Å². The molecule has 2 rings (SSSR count). The summed E-state index contributed by atoms with van der Waals surface area (Å²) >= 11 is 3.17. The largest absolute Gasteiger partial charge is 0.454 e. The second-order valence-corrected chi connectivity index (χ2v) is 5.75. The van der Waals surface area contributed by atoms with Crippen LogP contribution in [0.25, 0.3) is 0 Å². The average molecular weight is 279 g/mol. The van der Waals surface area contributed by atoms with Crippen LogP contribution >= 0.6 is 15.9 Å². The summed E-state index contributed by atoms with van der Waals surface area (Å²) in [6.45, 7) is 0.134. The predicted octanol–water partition coefficient (Wildman–Crippen LogP) is 1.58. The molecule has 0 amide bonds. The first-order valence-electron chi connectivity index (χ1n) is 3.77. The Kier molecular flexibility index (Phi) is 2.19. The molecular formula is C8H7BrO4S. The monoisotopic (exact) mass is 278 g/mol. The quantitative estimate of drug-likeness (QED) is 0.783. The molecule has 0 aliphatic carbocycles. The lowest BCUT2D eigenvalue weighted by atomic mass is 10.3. The number of fused-ring (bicyclic) bond motifs is 1. The summed E-state index contributed by atoms with van der Waals surface area (Å²) in [4.78, 5) is 0.210. The van der Waals surface area contributed by atoms with E-state index >= 15 is 0 Å². The number of benzene rings is 1. The number of halogens is 1. The zero-order chi connectivity index (χ0) is 10.3. The molecule has 1 aliphatic heterocycles. The fraction of sp³-hybridized carbons (Fsp3) is 0.250. The lowest BCUT2D eigenvalue weighted by molar-refractivity contribution is 0.174. The molecule has 0 saturated heterocycles. The van der Waals surface area contributed by atoms with Gasteiger partial charge >= 0.3 is 0 Å². The molecule has 0 saturated carbocycles. The van der Waals surface area contributed by atoms with Gasteiger partial charge in [0.15, 0.2) is 21.3 Å². The molecule has 14 heavy (non-hydrogen) atoms. The smallest absolute Gasteiger partial charge is 0.231 e. The van der Waals surface area contributed by atoms with Crippen molar-refractivity contribution in [2.24, 2.45) is 0 Å². The summed E-state index contributed by atoms with van der Waals surface area (Å²) in [6.07, 6.45) is 1.15. The van der Waals surface area contributed by atoms with Crippen molar-refractivity contribution >= 4 is 25.8 Å². The van der Waals surface area contributed by atoms with Crippen LogP contribution in [0.4, 0.5) is 0 Å². The van der Waals surface area contributed by atoms with Gasteiger partial charge in [0.2, 0.25) is 6.79 Å². The first kappa shape index (κ1) is 9.79. The van der Waals surface area contributed by atoms with Crippen LogP contribution in [0.2, 0.25) is 0 Å². The molecule has 76 valence electrons. The maximum atomic E-state index is 11.3. The van der Waals surface area contributed by atoms with Crippen molar-refractivity contribution in [2.75, 3.05) is 13.0 Å². The summed E-state index contributed by atoms with van der Waals surface area (Å²) in [5, 5.41) is 0. The fourth-order valence-electron chi connectivity index (χ4n) is 1.18. The van der Waals surface area contributed by atoms with E-state index < -0.39 is 9.84 Å². The number of hydrogen-bond acceptors (Lipinski definition) is 4. The van der Waals surface area contributed by atoms with Crippen molar-refractivity contribution in [3.63, 3.8) is 0 Å².